The maximum atomic E-state index is 14.8. The van der Waals surface area contributed by atoms with E-state index in [4.69, 9.17) is 16.6 Å². The molecule has 0 radical (unpaired) electrons. The second-order valence-electron chi connectivity index (χ2n) is 9.47. The van der Waals surface area contributed by atoms with E-state index in [0.717, 1.165) is 30.5 Å². The number of pyridine rings is 1. The minimum Gasteiger partial charge on any atom is -0.507 e. The number of hydrogen-bond acceptors (Lipinski definition) is 5. The van der Waals surface area contributed by atoms with Crippen LogP contribution in [0.4, 0.5) is 15.8 Å². The van der Waals surface area contributed by atoms with E-state index >= 15 is 0 Å². The Morgan fingerprint density at radius 2 is 1.97 bits per heavy atom. The number of phenolic OH excluding ortho intramolecular Hbond substituents is 1. The van der Waals surface area contributed by atoms with Gasteiger partial charge in [0.25, 0.3) is 0 Å². The van der Waals surface area contributed by atoms with E-state index < -0.39 is 5.82 Å². The number of benzene rings is 2. The maximum Gasteiger partial charge on any atom is 0.221 e. The van der Waals surface area contributed by atoms with Crippen molar-refractivity contribution in [3.63, 3.8) is 0 Å². The van der Waals surface area contributed by atoms with Crippen molar-refractivity contribution in [3.8, 4) is 16.9 Å². The molecule has 2 N–H and O–H groups in total. The van der Waals surface area contributed by atoms with Gasteiger partial charge in [-0.2, -0.15) is 0 Å². The van der Waals surface area contributed by atoms with Crippen LogP contribution in [0.25, 0.3) is 11.1 Å². The lowest BCUT2D eigenvalue weighted by atomic mass is 9.99. The third kappa shape index (κ3) is 5.33. The summed E-state index contributed by atoms with van der Waals surface area (Å²) in [7, 11) is 0. The summed E-state index contributed by atoms with van der Waals surface area (Å²) in [4.78, 5) is 36.6. The van der Waals surface area contributed by atoms with Crippen molar-refractivity contribution in [1.29, 1.82) is 0 Å². The normalized spacial score (nSPS) is 15.9. The molecule has 0 spiro atoms. The molecule has 2 heterocycles. The number of anilines is 1. The number of aromatic nitrogens is 1. The SMILES string of the molecule is CC(=O)Nc1cc(-c2c(O)cccc2F)c(Cl)cc1/C(=N\c1cnccc1C1CC1)N1CCN(C=O)CC1. The van der Waals surface area contributed by atoms with Crippen molar-refractivity contribution in [3.05, 3.63) is 70.8 Å². The summed E-state index contributed by atoms with van der Waals surface area (Å²) in [6, 6.07) is 9.18. The fraction of sp³-hybridized carbons (Fsp3) is 0.286. The van der Waals surface area contributed by atoms with Crippen LogP contribution < -0.4 is 5.32 Å². The lowest BCUT2D eigenvalue weighted by Gasteiger charge is -2.35. The largest absolute Gasteiger partial charge is 0.507 e. The highest BCUT2D eigenvalue weighted by Gasteiger charge is 2.28. The molecule has 1 saturated heterocycles. The molecule has 3 aromatic rings. The van der Waals surface area contributed by atoms with Crippen LogP contribution in [0.15, 0.2) is 53.8 Å². The first-order valence-corrected chi connectivity index (χ1v) is 12.8. The Morgan fingerprint density at radius 1 is 1.21 bits per heavy atom. The van der Waals surface area contributed by atoms with Crippen molar-refractivity contribution in [1.82, 2.24) is 14.8 Å². The summed E-state index contributed by atoms with van der Waals surface area (Å²) in [6.07, 6.45) is 6.48. The van der Waals surface area contributed by atoms with Gasteiger partial charge in [0.1, 0.15) is 17.4 Å². The molecule has 0 bridgehead atoms. The topological polar surface area (TPSA) is 98.1 Å². The molecule has 2 amide bonds. The standard InChI is InChI=1S/C28H27ClFN5O3/c1-17(37)32-24-14-20(27-23(30)3-2-4-26(27)38)22(29)13-21(24)28(35-11-9-34(16-36)10-12-35)33-25-15-31-8-7-19(25)18-5-6-18/h2-4,7-8,13-16,18,38H,5-6,9-12H2,1H3,(H,32,37)/b33-28+. The maximum absolute atomic E-state index is 14.8. The molecule has 1 aliphatic heterocycles. The number of carbonyl (C=O) groups is 2. The summed E-state index contributed by atoms with van der Waals surface area (Å²) < 4.78 is 14.8. The van der Waals surface area contributed by atoms with Crippen molar-refractivity contribution < 1.29 is 19.1 Å². The molecule has 0 atom stereocenters. The predicted molar refractivity (Wildman–Crippen MR) is 144 cm³/mol. The molecule has 8 nitrogen and oxygen atoms in total. The van der Waals surface area contributed by atoms with Crippen LogP contribution in [-0.2, 0) is 9.59 Å². The van der Waals surface area contributed by atoms with Crippen molar-refractivity contribution in [2.45, 2.75) is 25.7 Å². The van der Waals surface area contributed by atoms with Crippen molar-refractivity contribution >= 4 is 41.1 Å². The number of carbonyl (C=O) groups excluding carboxylic acids is 2. The van der Waals surface area contributed by atoms with E-state index in [1.807, 2.05) is 11.0 Å². The first kappa shape index (κ1) is 25.7. The van der Waals surface area contributed by atoms with E-state index in [1.54, 1.807) is 29.4 Å². The lowest BCUT2D eigenvalue weighted by molar-refractivity contribution is -0.119. The molecule has 1 aliphatic carbocycles. The summed E-state index contributed by atoms with van der Waals surface area (Å²) in [6.45, 7) is 3.43. The first-order valence-electron chi connectivity index (χ1n) is 12.4. The van der Waals surface area contributed by atoms with E-state index in [-0.39, 0.29) is 27.8 Å². The average molecular weight is 536 g/mol. The fourth-order valence-electron chi connectivity index (χ4n) is 4.71. The second kappa shape index (κ2) is 10.8. The highest BCUT2D eigenvalue weighted by Crippen LogP contribution is 2.44. The fourth-order valence-corrected chi connectivity index (χ4v) is 4.96. The molecule has 2 fully saturated rings. The summed E-state index contributed by atoms with van der Waals surface area (Å²) >= 11 is 6.71. The van der Waals surface area contributed by atoms with Crippen LogP contribution in [0.3, 0.4) is 0 Å². The Labute approximate surface area is 224 Å². The molecule has 5 rings (SSSR count). The summed E-state index contributed by atoms with van der Waals surface area (Å²) in [5.41, 5.74) is 2.91. The number of amidine groups is 1. The lowest BCUT2D eigenvalue weighted by Crippen LogP contribution is -2.48. The molecular weight excluding hydrogens is 509 g/mol. The number of halogens is 2. The number of piperazine rings is 1. The van der Waals surface area contributed by atoms with E-state index in [9.17, 15) is 19.1 Å². The zero-order chi connectivity index (χ0) is 26.8. The Morgan fingerprint density at radius 3 is 2.63 bits per heavy atom. The molecule has 10 heteroatoms. The summed E-state index contributed by atoms with van der Waals surface area (Å²) in [5, 5.41) is 13.4. The van der Waals surface area contributed by atoms with Gasteiger partial charge in [0.05, 0.1) is 23.1 Å². The minimum absolute atomic E-state index is 0.0583. The van der Waals surface area contributed by atoms with Crippen molar-refractivity contribution in [2.75, 3.05) is 31.5 Å². The van der Waals surface area contributed by atoms with Crippen LogP contribution in [0, 0.1) is 5.82 Å². The first-order chi connectivity index (χ1) is 18.4. The highest BCUT2D eigenvalue weighted by atomic mass is 35.5. The Kier molecular flexibility index (Phi) is 7.28. The Bertz CT molecular complexity index is 1400. The number of nitrogens with one attached hydrogen (secondary N) is 1. The molecule has 2 aromatic carbocycles. The number of aliphatic imine (C=N–C) groups is 1. The molecule has 1 aromatic heterocycles. The van der Waals surface area contributed by atoms with Crippen LogP contribution in [0.5, 0.6) is 5.75 Å². The third-order valence-corrected chi connectivity index (χ3v) is 7.07. The monoisotopic (exact) mass is 535 g/mol. The van der Waals surface area contributed by atoms with Gasteiger partial charge in [-0.1, -0.05) is 17.7 Å². The van der Waals surface area contributed by atoms with Crippen LogP contribution in [0.2, 0.25) is 5.02 Å². The number of aromatic hydroxyl groups is 1. The van der Waals surface area contributed by atoms with Crippen LogP contribution in [0.1, 0.15) is 36.8 Å². The van der Waals surface area contributed by atoms with Crippen LogP contribution >= 0.6 is 11.6 Å². The van der Waals surface area contributed by atoms with Gasteiger partial charge in [-0.3, -0.25) is 14.6 Å². The zero-order valence-corrected chi connectivity index (χ0v) is 21.6. The van der Waals surface area contributed by atoms with Gasteiger partial charge in [-0.05, 0) is 54.7 Å². The molecular formula is C28H27ClFN5O3. The quantitative estimate of drug-likeness (QED) is 0.265. The van der Waals surface area contributed by atoms with Crippen LogP contribution in [-0.4, -0.2) is 64.2 Å². The average Bonchev–Trinajstić information content (AvgIpc) is 3.74. The smallest absolute Gasteiger partial charge is 0.221 e. The van der Waals surface area contributed by atoms with E-state index in [1.165, 1.54) is 25.1 Å². The predicted octanol–water partition coefficient (Wildman–Crippen LogP) is 4.93. The molecule has 38 heavy (non-hydrogen) atoms. The van der Waals surface area contributed by atoms with E-state index in [0.29, 0.717) is 49.2 Å². The molecule has 0 unspecified atom stereocenters. The number of phenols is 1. The molecule has 1 saturated carbocycles. The number of hydrogen-bond donors (Lipinski definition) is 2. The number of rotatable bonds is 6. The van der Waals surface area contributed by atoms with Gasteiger partial charge in [0, 0.05) is 55.4 Å². The van der Waals surface area contributed by atoms with Crippen molar-refractivity contribution in [2.24, 2.45) is 4.99 Å². The minimum atomic E-state index is -0.642. The second-order valence-corrected chi connectivity index (χ2v) is 9.87. The Balaban J connectivity index is 1.69. The molecule has 2 aliphatic rings. The summed E-state index contributed by atoms with van der Waals surface area (Å²) in [5.74, 6) is -0.258. The highest BCUT2D eigenvalue weighted by molar-refractivity contribution is 6.34. The van der Waals surface area contributed by atoms with Gasteiger partial charge >= 0.3 is 0 Å². The van der Waals surface area contributed by atoms with E-state index in [2.05, 4.69) is 10.3 Å². The number of amides is 2. The Hall–Kier alpha value is -3.98. The van der Waals surface area contributed by atoms with Gasteiger partial charge in [0.2, 0.25) is 12.3 Å². The van der Waals surface area contributed by atoms with Gasteiger partial charge in [-0.15, -0.1) is 0 Å². The van der Waals surface area contributed by atoms with Gasteiger partial charge in [0.15, 0.2) is 0 Å². The van der Waals surface area contributed by atoms with Gasteiger partial charge in [-0.25, -0.2) is 9.38 Å². The third-order valence-electron chi connectivity index (χ3n) is 6.76. The molecule has 196 valence electrons. The zero-order valence-electron chi connectivity index (χ0n) is 20.8. The number of nitrogens with zero attached hydrogens (tertiary/aromatic N) is 4. The van der Waals surface area contributed by atoms with Gasteiger partial charge < -0.3 is 20.2 Å².